The number of benzene rings is 1. The molecule has 1 aliphatic rings. The van der Waals surface area contributed by atoms with E-state index in [2.05, 4.69) is 11.6 Å². The lowest BCUT2D eigenvalue weighted by Gasteiger charge is -2.12. The van der Waals surface area contributed by atoms with Crippen LogP contribution in [0.2, 0.25) is 5.02 Å². The minimum atomic E-state index is -3.50. The molecule has 0 spiro atoms. The summed E-state index contributed by atoms with van der Waals surface area (Å²) >= 11 is 5.92. The van der Waals surface area contributed by atoms with Crippen LogP contribution in [0.1, 0.15) is 25.3 Å². The maximum atomic E-state index is 12.1. The fraction of sp³-hybridized carbons (Fsp3) is 0.500. The zero-order valence-electron chi connectivity index (χ0n) is 10.5. The molecule has 6 heteroatoms. The van der Waals surface area contributed by atoms with Gasteiger partial charge in [-0.1, -0.05) is 18.5 Å². The van der Waals surface area contributed by atoms with E-state index in [1.807, 2.05) is 0 Å². The second-order valence-corrected chi connectivity index (χ2v) is 7.42. The molecule has 0 aliphatic heterocycles. The summed E-state index contributed by atoms with van der Waals surface area (Å²) < 4.78 is 26.9. The van der Waals surface area contributed by atoms with Gasteiger partial charge in [-0.05, 0) is 42.9 Å². The molecule has 3 N–H and O–H groups in total. The average Bonchev–Trinajstić information content (AvgIpc) is 3.02. The molecule has 0 atom stereocenters. The lowest BCUT2D eigenvalue weighted by Crippen LogP contribution is -2.29. The second-order valence-electron chi connectivity index (χ2n) is 5.28. The minimum absolute atomic E-state index is 0.125. The van der Waals surface area contributed by atoms with Crippen molar-refractivity contribution in [3.05, 3.63) is 22.7 Å². The van der Waals surface area contributed by atoms with Crippen molar-refractivity contribution < 1.29 is 8.42 Å². The van der Waals surface area contributed by atoms with Crippen molar-refractivity contribution in [3.8, 4) is 0 Å². The fourth-order valence-electron chi connectivity index (χ4n) is 1.66. The van der Waals surface area contributed by atoms with Crippen LogP contribution in [0.5, 0.6) is 0 Å². The molecule has 1 aromatic rings. The van der Waals surface area contributed by atoms with Gasteiger partial charge >= 0.3 is 0 Å². The van der Waals surface area contributed by atoms with E-state index in [0.29, 0.717) is 17.1 Å². The topological polar surface area (TPSA) is 72.2 Å². The summed E-state index contributed by atoms with van der Waals surface area (Å²) in [5.41, 5.74) is 6.76. The molecule has 1 saturated carbocycles. The van der Waals surface area contributed by atoms with Crippen molar-refractivity contribution in [2.24, 2.45) is 5.41 Å². The summed E-state index contributed by atoms with van der Waals surface area (Å²) in [4.78, 5) is 0.172. The van der Waals surface area contributed by atoms with Crippen LogP contribution < -0.4 is 10.5 Å². The van der Waals surface area contributed by atoms with Gasteiger partial charge in [0.05, 0.1) is 15.6 Å². The Balaban J connectivity index is 2.24. The lowest BCUT2D eigenvalue weighted by atomic mass is 10.2. The highest BCUT2D eigenvalue weighted by Gasteiger charge is 2.38. The molecule has 0 bridgehead atoms. The van der Waals surface area contributed by atoms with Crippen molar-refractivity contribution in [2.75, 3.05) is 12.3 Å². The first kappa shape index (κ1) is 13.6. The van der Waals surface area contributed by atoms with Gasteiger partial charge in [-0.15, -0.1) is 0 Å². The van der Waals surface area contributed by atoms with E-state index < -0.39 is 10.0 Å². The van der Waals surface area contributed by atoms with E-state index in [4.69, 9.17) is 17.3 Å². The molecule has 1 aliphatic carbocycles. The van der Waals surface area contributed by atoms with Crippen LogP contribution >= 0.6 is 11.6 Å². The first-order valence-corrected chi connectivity index (χ1v) is 7.65. The Labute approximate surface area is 113 Å². The highest BCUT2D eigenvalue weighted by Crippen LogP contribution is 2.44. The van der Waals surface area contributed by atoms with Crippen LogP contribution in [0.25, 0.3) is 0 Å². The molecular formula is C12H17ClN2O2S. The minimum Gasteiger partial charge on any atom is -0.397 e. The van der Waals surface area contributed by atoms with Crippen molar-refractivity contribution in [1.82, 2.24) is 4.72 Å². The lowest BCUT2D eigenvalue weighted by molar-refractivity contribution is 0.530. The van der Waals surface area contributed by atoms with E-state index in [0.717, 1.165) is 12.8 Å². The maximum absolute atomic E-state index is 12.1. The Morgan fingerprint density at radius 1 is 1.44 bits per heavy atom. The third-order valence-corrected chi connectivity index (χ3v) is 5.26. The summed E-state index contributed by atoms with van der Waals surface area (Å²) in [5, 5.41) is 0.406. The molecule has 100 valence electrons. The molecular weight excluding hydrogens is 272 g/mol. The predicted molar refractivity (Wildman–Crippen MR) is 73.1 cm³/mol. The summed E-state index contributed by atoms with van der Waals surface area (Å²) in [6, 6.07) is 2.93. The SMILES string of the molecule is Cc1cc(S(=O)(=O)NCC2(C)CC2)cc(N)c1Cl. The van der Waals surface area contributed by atoms with Gasteiger partial charge in [0.1, 0.15) is 0 Å². The maximum Gasteiger partial charge on any atom is 0.240 e. The number of rotatable bonds is 4. The largest absolute Gasteiger partial charge is 0.397 e. The van der Waals surface area contributed by atoms with Gasteiger partial charge in [0.15, 0.2) is 0 Å². The first-order valence-electron chi connectivity index (χ1n) is 5.79. The fourth-order valence-corrected chi connectivity index (χ4v) is 3.09. The Morgan fingerprint density at radius 3 is 2.56 bits per heavy atom. The Morgan fingerprint density at radius 2 is 2.06 bits per heavy atom. The highest BCUT2D eigenvalue weighted by molar-refractivity contribution is 7.89. The normalized spacial score (nSPS) is 17.7. The quantitative estimate of drug-likeness (QED) is 0.835. The molecule has 0 heterocycles. The molecule has 2 rings (SSSR count). The Kier molecular flexibility index (Phi) is 3.34. The number of hydrogen-bond acceptors (Lipinski definition) is 3. The van der Waals surface area contributed by atoms with E-state index in [1.54, 1.807) is 6.92 Å². The number of aryl methyl sites for hydroxylation is 1. The van der Waals surface area contributed by atoms with Gasteiger partial charge in [-0.2, -0.15) is 0 Å². The number of nitrogens with two attached hydrogens (primary N) is 1. The standard InChI is InChI=1S/C12H17ClN2O2S/c1-8-5-9(6-10(14)11(8)13)18(16,17)15-7-12(2)3-4-12/h5-6,15H,3-4,7,14H2,1-2H3. The van der Waals surface area contributed by atoms with Crippen LogP contribution in [-0.2, 0) is 10.0 Å². The number of halogens is 1. The monoisotopic (exact) mass is 288 g/mol. The smallest absolute Gasteiger partial charge is 0.240 e. The molecule has 1 fully saturated rings. The van der Waals surface area contributed by atoms with Gasteiger partial charge in [0, 0.05) is 6.54 Å². The van der Waals surface area contributed by atoms with Gasteiger partial charge < -0.3 is 5.73 Å². The van der Waals surface area contributed by atoms with E-state index in [-0.39, 0.29) is 16.0 Å². The Hall–Kier alpha value is -0.780. The second kappa shape index (κ2) is 4.40. The van der Waals surface area contributed by atoms with Crippen LogP contribution in [0, 0.1) is 12.3 Å². The summed E-state index contributed by atoms with van der Waals surface area (Å²) in [5.74, 6) is 0. The molecule has 4 nitrogen and oxygen atoms in total. The van der Waals surface area contributed by atoms with Crippen molar-refractivity contribution in [2.45, 2.75) is 31.6 Å². The summed E-state index contributed by atoms with van der Waals surface area (Å²) in [6.45, 7) is 4.27. The van der Waals surface area contributed by atoms with E-state index in [1.165, 1.54) is 12.1 Å². The van der Waals surface area contributed by atoms with Crippen LogP contribution in [0.3, 0.4) is 0 Å². The molecule has 0 aromatic heterocycles. The zero-order chi connectivity index (χ0) is 13.6. The van der Waals surface area contributed by atoms with Gasteiger partial charge in [0.25, 0.3) is 0 Å². The van der Waals surface area contributed by atoms with E-state index in [9.17, 15) is 8.42 Å². The molecule has 0 unspecified atom stereocenters. The summed E-state index contributed by atoms with van der Waals surface area (Å²) in [7, 11) is -3.50. The predicted octanol–water partition coefficient (Wildman–Crippen LogP) is 2.31. The van der Waals surface area contributed by atoms with Gasteiger partial charge in [-0.3, -0.25) is 0 Å². The highest BCUT2D eigenvalue weighted by atomic mass is 35.5. The molecule has 0 radical (unpaired) electrons. The van der Waals surface area contributed by atoms with Crippen molar-refractivity contribution >= 4 is 27.3 Å². The molecule has 0 saturated heterocycles. The average molecular weight is 289 g/mol. The molecule has 1 aromatic carbocycles. The zero-order valence-corrected chi connectivity index (χ0v) is 12.0. The van der Waals surface area contributed by atoms with Crippen molar-refractivity contribution in [1.29, 1.82) is 0 Å². The molecule has 18 heavy (non-hydrogen) atoms. The third kappa shape index (κ3) is 2.79. The van der Waals surface area contributed by atoms with Crippen LogP contribution in [0.4, 0.5) is 5.69 Å². The number of nitrogens with one attached hydrogen (secondary N) is 1. The van der Waals surface area contributed by atoms with Crippen molar-refractivity contribution in [3.63, 3.8) is 0 Å². The van der Waals surface area contributed by atoms with E-state index >= 15 is 0 Å². The van der Waals surface area contributed by atoms with Crippen LogP contribution in [0.15, 0.2) is 17.0 Å². The summed E-state index contributed by atoms with van der Waals surface area (Å²) in [6.07, 6.45) is 2.13. The van der Waals surface area contributed by atoms with Crippen LogP contribution in [-0.4, -0.2) is 15.0 Å². The number of anilines is 1. The number of hydrogen-bond donors (Lipinski definition) is 2. The first-order chi connectivity index (χ1) is 8.23. The molecule has 0 amide bonds. The third-order valence-electron chi connectivity index (χ3n) is 3.36. The van der Waals surface area contributed by atoms with Gasteiger partial charge in [0.2, 0.25) is 10.0 Å². The number of sulfonamides is 1. The van der Waals surface area contributed by atoms with Gasteiger partial charge in [-0.25, -0.2) is 13.1 Å². The number of nitrogen functional groups attached to an aromatic ring is 1. The Bertz CT molecular complexity index is 557.